The van der Waals surface area contributed by atoms with Gasteiger partial charge in [-0.25, -0.2) is 4.99 Å². The molecule has 1 atom stereocenters. The van der Waals surface area contributed by atoms with E-state index >= 15 is 0 Å². The number of aliphatic imine (C=N–C) groups is 1. The molecule has 0 radical (unpaired) electrons. The zero-order valence-corrected chi connectivity index (χ0v) is 13.7. The van der Waals surface area contributed by atoms with Crippen LogP contribution in [-0.2, 0) is 11.2 Å². The van der Waals surface area contributed by atoms with Gasteiger partial charge in [-0.2, -0.15) is 0 Å². The lowest BCUT2D eigenvalue weighted by Gasteiger charge is -2.10. The van der Waals surface area contributed by atoms with Crippen molar-refractivity contribution in [2.24, 2.45) is 16.5 Å². The van der Waals surface area contributed by atoms with Crippen molar-refractivity contribution in [2.45, 2.75) is 25.8 Å². The Morgan fingerprint density at radius 1 is 1.39 bits per heavy atom. The number of amidine groups is 1. The maximum absolute atomic E-state index is 11.4. The molecule has 120 valence electrons. The fraction of sp³-hybridized carbons (Fsp3) is 0.294. The maximum atomic E-state index is 11.4. The first-order valence-electron chi connectivity index (χ1n) is 7.49. The SMILES string of the molecule is Cc1sc(C(N)=O)cc1-c1ccccc1CCC1COC(N)=N1. The van der Waals surface area contributed by atoms with Crippen molar-refractivity contribution in [1.82, 2.24) is 0 Å². The first-order chi connectivity index (χ1) is 11.0. The van der Waals surface area contributed by atoms with E-state index in [-0.39, 0.29) is 18.0 Å². The molecule has 1 unspecified atom stereocenters. The van der Waals surface area contributed by atoms with Crippen LogP contribution in [0.15, 0.2) is 35.3 Å². The number of ether oxygens (including phenoxy) is 1. The molecule has 23 heavy (non-hydrogen) atoms. The van der Waals surface area contributed by atoms with Gasteiger partial charge in [-0.3, -0.25) is 4.79 Å². The first kappa shape index (κ1) is 15.6. The van der Waals surface area contributed by atoms with E-state index in [4.69, 9.17) is 16.2 Å². The highest BCUT2D eigenvalue weighted by molar-refractivity contribution is 7.14. The van der Waals surface area contributed by atoms with E-state index in [0.29, 0.717) is 11.5 Å². The molecule has 1 aromatic carbocycles. The number of carbonyl (C=O) groups is 1. The second-order valence-electron chi connectivity index (χ2n) is 5.57. The molecule has 0 bridgehead atoms. The maximum Gasteiger partial charge on any atom is 0.282 e. The third kappa shape index (κ3) is 3.37. The summed E-state index contributed by atoms with van der Waals surface area (Å²) in [6.07, 6.45) is 1.76. The predicted molar refractivity (Wildman–Crippen MR) is 92.7 cm³/mol. The average molecular weight is 329 g/mol. The van der Waals surface area contributed by atoms with Crippen LogP contribution in [-0.4, -0.2) is 24.6 Å². The van der Waals surface area contributed by atoms with E-state index in [2.05, 4.69) is 17.1 Å². The van der Waals surface area contributed by atoms with Crippen LogP contribution in [0.5, 0.6) is 0 Å². The van der Waals surface area contributed by atoms with Gasteiger partial charge in [0.2, 0.25) is 0 Å². The number of nitrogens with zero attached hydrogens (tertiary/aromatic N) is 1. The number of hydrogen-bond acceptors (Lipinski definition) is 5. The van der Waals surface area contributed by atoms with Crippen molar-refractivity contribution < 1.29 is 9.53 Å². The van der Waals surface area contributed by atoms with Gasteiger partial charge in [0.25, 0.3) is 11.9 Å². The monoisotopic (exact) mass is 329 g/mol. The minimum absolute atomic E-state index is 0.118. The van der Waals surface area contributed by atoms with Crippen LogP contribution in [0, 0.1) is 6.92 Å². The molecule has 1 aliphatic rings. The fourth-order valence-electron chi connectivity index (χ4n) is 2.78. The third-order valence-electron chi connectivity index (χ3n) is 3.95. The molecular weight excluding hydrogens is 310 g/mol. The second kappa shape index (κ2) is 6.42. The highest BCUT2D eigenvalue weighted by Gasteiger charge is 2.18. The van der Waals surface area contributed by atoms with Gasteiger partial charge in [-0.15, -0.1) is 11.3 Å². The van der Waals surface area contributed by atoms with Crippen LogP contribution < -0.4 is 11.5 Å². The number of benzene rings is 1. The molecule has 0 saturated heterocycles. The number of aryl methyl sites for hydroxylation is 2. The molecule has 1 amide bonds. The van der Waals surface area contributed by atoms with Gasteiger partial charge in [0, 0.05) is 4.88 Å². The predicted octanol–water partition coefficient (Wildman–Crippen LogP) is 2.47. The van der Waals surface area contributed by atoms with Gasteiger partial charge >= 0.3 is 0 Å². The Morgan fingerprint density at radius 3 is 2.83 bits per heavy atom. The summed E-state index contributed by atoms with van der Waals surface area (Å²) in [6, 6.07) is 10.5. The van der Waals surface area contributed by atoms with Crippen molar-refractivity contribution in [3.63, 3.8) is 0 Å². The number of rotatable bonds is 5. The van der Waals surface area contributed by atoms with E-state index in [1.54, 1.807) is 0 Å². The molecule has 0 aliphatic carbocycles. The summed E-state index contributed by atoms with van der Waals surface area (Å²) in [5.74, 6) is -0.380. The second-order valence-corrected chi connectivity index (χ2v) is 6.83. The Kier molecular flexibility index (Phi) is 4.34. The Morgan fingerprint density at radius 2 is 2.17 bits per heavy atom. The number of amides is 1. The van der Waals surface area contributed by atoms with Crippen LogP contribution in [0.25, 0.3) is 11.1 Å². The van der Waals surface area contributed by atoms with Crippen molar-refractivity contribution in [2.75, 3.05) is 6.61 Å². The molecule has 1 aliphatic heterocycles. The van der Waals surface area contributed by atoms with Gasteiger partial charge in [0.1, 0.15) is 6.61 Å². The Balaban J connectivity index is 1.84. The lowest BCUT2D eigenvalue weighted by atomic mass is 9.95. The molecule has 0 fully saturated rings. The highest BCUT2D eigenvalue weighted by atomic mass is 32.1. The first-order valence-corrected chi connectivity index (χ1v) is 8.31. The van der Waals surface area contributed by atoms with E-state index in [1.807, 2.05) is 25.1 Å². The molecule has 1 aromatic heterocycles. The number of carbonyl (C=O) groups excluding carboxylic acids is 1. The topological polar surface area (TPSA) is 90.7 Å². The van der Waals surface area contributed by atoms with Gasteiger partial charge in [0.05, 0.1) is 10.9 Å². The summed E-state index contributed by atoms with van der Waals surface area (Å²) in [7, 11) is 0. The summed E-state index contributed by atoms with van der Waals surface area (Å²) in [5.41, 5.74) is 14.4. The quantitative estimate of drug-likeness (QED) is 0.883. The van der Waals surface area contributed by atoms with Gasteiger partial charge < -0.3 is 16.2 Å². The van der Waals surface area contributed by atoms with Crippen molar-refractivity contribution in [1.29, 1.82) is 0 Å². The van der Waals surface area contributed by atoms with Crippen molar-refractivity contribution >= 4 is 23.3 Å². The summed E-state index contributed by atoms with van der Waals surface area (Å²) < 4.78 is 5.20. The van der Waals surface area contributed by atoms with Crippen LogP contribution >= 0.6 is 11.3 Å². The van der Waals surface area contributed by atoms with Gasteiger partial charge in [0.15, 0.2) is 0 Å². The molecule has 3 rings (SSSR count). The van der Waals surface area contributed by atoms with E-state index in [1.165, 1.54) is 16.9 Å². The molecule has 0 spiro atoms. The molecule has 2 heterocycles. The smallest absolute Gasteiger partial charge is 0.282 e. The fourth-order valence-corrected chi connectivity index (χ4v) is 3.66. The molecule has 0 saturated carbocycles. The zero-order chi connectivity index (χ0) is 16.4. The van der Waals surface area contributed by atoms with Crippen LogP contribution in [0.2, 0.25) is 0 Å². The lowest BCUT2D eigenvalue weighted by Crippen LogP contribution is -2.10. The molecule has 2 aromatic rings. The summed E-state index contributed by atoms with van der Waals surface area (Å²) in [5, 5.41) is 0. The standard InChI is InChI=1S/C17H19N3O2S/c1-10-14(8-15(23-10)16(18)21)13-5-3-2-4-11(13)6-7-12-9-22-17(19)20-12/h2-5,8,12H,6-7,9H2,1H3,(H2,18,21)(H2,19,20). The van der Waals surface area contributed by atoms with Crippen molar-refractivity contribution in [3.05, 3.63) is 45.6 Å². The Labute approximate surface area is 139 Å². The van der Waals surface area contributed by atoms with Gasteiger partial charge in [-0.1, -0.05) is 24.3 Å². The summed E-state index contributed by atoms with van der Waals surface area (Å²) in [6.45, 7) is 2.57. The number of primary amides is 1. The minimum Gasteiger partial charge on any atom is -0.463 e. The Bertz CT molecular complexity index is 767. The minimum atomic E-state index is -0.380. The van der Waals surface area contributed by atoms with E-state index < -0.39 is 0 Å². The zero-order valence-electron chi connectivity index (χ0n) is 12.9. The number of hydrogen-bond donors (Lipinski definition) is 2. The van der Waals surface area contributed by atoms with Crippen molar-refractivity contribution in [3.8, 4) is 11.1 Å². The molecule has 4 N–H and O–H groups in total. The summed E-state index contributed by atoms with van der Waals surface area (Å²) >= 11 is 1.44. The van der Waals surface area contributed by atoms with Crippen LogP contribution in [0.4, 0.5) is 0 Å². The van der Waals surface area contributed by atoms with Gasteiger partial charge in [-0.05, 0) is 42.5 Å². The molecule has 5 nitrogen and oxygen atoms in total. The molecule has 6 heteroatoms. The van der Waals surface area contributed by atoms with E-state index in [9.17, 15) is 4.79 Å². The normalized spacial score (nSPS) is 16.9. The number of nitrogens with two attached hydrogens (primary N) is 2. The highest BCUT2D eigenvalue weighted by Crippen LogP contribution is 2.33. The lowest BCUT2D eigenvalue weighted by molar-refractivity contribution is 0.100. The van der Waals surface area contributed by atoms with E-state index in [0.717, 1.165) is 28.8 Å². The average Bonchev–Trinajstić information content (AvgIpc) is 3.11. The Hall–Kier alpha value is -2.34. The van der Waals surface area contributed by atoms with Crippen LogP contribution in [0.3, 0.4) is 0 Å². The third-order valence-corrected chi connectivity index (χ3v) is 5.01. The van der Waals surface area contributed by atoms with Crippen LogP contribution in [0.1, 0.15) is 26.5 Å². The summed E-state index contributed by atoms with van der Waals surface area (Å²) in [4.78, 5) is 17.4. The largest absolute Gasteiger partial charge is 0.463 e. The molecular formula is C17H19N3O2S. The number of thiophene rings is 1.